The number of rotatable bonds is 5. The monoisotopic (exact) mass is 363 g/mol. The molecule has 2 N–H and O–H groups in total. The summed E-state index contributed by atoms with van der Waals surface area (Å²) in [6.45, 7) is 0.710. The van der Waals surface area contributed by atoms with Gasteiger partial charge in [-0.25, -0.2) is 0 Å². The first-order valence-corrected chi connectivity index (χ1v) is 9.36. The number of anilines is 1. The maximum absolute atomic E-state index is 9.89. The van der Waals surface area contributed by atoms with E-state index in [1.165, 1.54) is 5.56 Å². The molecule has 0 saturated carbocycles. The van der Waals surface area contributed by atoms with Gasteiger partial charge in [-0.3, -0.25) is 0 Å². The van der Waals surface area contributed by atoms with E-state index >= 15 is 0 Å². The number of nitrogens with two attached hydrogens (primary N) is 1. The summed E-state index contributed by atoms with van der Waals surface area (Å²) >= 11 is 0. The van der Waals surface area contributed by atoms with Crippen LogP contribution in [0.3, 0.4) is 0 Å². The van der Waals surface area contributed by atoms with E-state index in [2.05, 4.69) is 34.9 Å². The van der Waals surface area contributed by atoms with Crippen LogP contribution < -0.4 is 5.73 Å². The standard InChI is InChI=1S/C25H21N3/c26-18-22-23(20-12-6-2-7-13-20)24(21-14-8-3-9-15-21)28(25(22)27)17-16-19-10-4-1-5-11-19/h1-15H,16-17,27H2. The Bertz CT molecular complexity index is 1110. The number of nitriles is 1. The first-order valence-electron chi connectivity index (χ1n) is 9.36. The van der Waals surface area contributed by atoms with Crippen LogP contribution in [0.4, 0.5) is 5.82 Å². The molecule has 4 aromatic rings. The third kappa shape index (κ3) is 3.28. The van der Waals surface area contributed by atoms with E-state index < -0.39 is 0 Å². The van der Waals surface area contributed by atoms with Crippen LogP contribution in [0, 0.1) is 11.3 Å². The predicted molar refractivity (Wildman–Crippen MR) is 115 cm³/mol. The van der Waals surface area contributed by atoms with E-state index in [0.717, 1.165) is 28.8 Å². The summed E-state index contributed by atoms with van der Waals surface area (Å²) in [5.74, 6) is 0.524. The van der Waals surface area contributed by atoms with Crippen molar-refractivity contribution in [3.05, 3.63) is 102 Å². The van der Waals surface area contributed by atoms with Gasteiger partial charge in [-0.1, -0.05) is 91.0 Å². The Kier molecular flexibility index (Phi) is 4.95. The first-order chi connectivity index (χ1) is 13.8. The number of hydrogen-bond acceptors (Lipinski definition) is 2. The van der Waals surface area contributed by atoms with Gasteiger partial charge in [0.1, 0.15) is 17.5 Å². The van der Waals surface area contributed by atoms with Crippen molar-refractivity contribution in [1.29, 1.82) is 5.26 Å². The van der Waals surface area contributed by atoms with Gasteiger partial charge in [0.05, 0.1) is 5.69 Å². The van der Waals surface area contributed by atoms with Crippen LogP contribution in [0.5, 0.6) is 0 Å². The summed E-state index contributed by atoms with van der Waals surface area (Å²) < 4.78 is 2.09. The summed E-state index contributed by atoms with van der Waals surface area (Å²) in [5.41, 5.74) is 12.2. The number of nitrogen functional groups attached to an aromatic ring is 1. The third-order valence-electron chi connectivity index (χ3n) is 4.99. The number of aromatic nitrogens is 1. The maximum Gasteiger partial charge on any atom is 0.122 e. The average Bonchev–Trinajstić information content (AvgIpc) is 3.05. The van der Waals surface area contributed by atoms with Crippen LogP contribution in [-0.4, -0.2) is 4.57 Å². The van der Waals surface area contributed by atoms with Crippen molar-refractivity contribution in [2.24, 2.45) is 0 Å². The van der Waals surface area contributed by atoms with Crippen LogP contribution in [0.25, 0.3) is 22.4 Å². The van der Waals surface area contributed by atoms with Crippen molar-refractivity contribution >= 4 is 5.82 Å². The van der Waals surface area contributed by atoms with Gasteiger partial charge in [0.25, 0.3) is 0 Å². The summed E-state index contributed by atoms with van der Waals surface area (Å²) in [6, 6.07) is 32.9. The zero-order chi connectivity index (χ0) is 19.3. The molecule has 0 spiro atoms. The lowest BCUT2D eigenvalue weighted by molar-refractivity contribution is 0.716. The van der Waals surface area contributed by atoms with E-state index in [9.17, 15) is 5.26 Å². The number of aryl methyl sites for hydroxylation is 1. The van der Waals surface area contributed by atoms with Gasteiger partial charge in [-0.05, 0) is 23.1 Å². The summed E-state index contributed by atoms with van der Waals surface area (Å²) in [7, 11) is 0. The Morgan fingerprint density at radius 2 is 1.29 bits per heavy atom. The molecule has 0 unspecified atom stereocenters. The fourth-order valence-electron chi connectivity index (χ4n) is 3.65. The third-order valence-corrected chi connectivity index (χ3v) is 4.99. The van der Waals surface area contributed by atoms with Gasteiger partial charge in [0.2, 0.25) is 0 Å². The second kappa shape index (κ2) is 7.85. The highest BCUT2D eigenvalue weighted by atomic mass is 15.1. The molecule has 0 aliphatic rings. The lowest BCUT2D eigenvalue weighted by Crippen LogP contribution is -2.07. The molecule has 1 heterocycles. The van der Waals surface area contributed by atoms with Crippen LogP contribution in [-0.2, 0) is 13.0 Å². The lowest BCUT2D eigenvalue weighted by Gasteiger charge is -2.13. The summed E-state index contributed by atoms with van der Waals surface area (Å²) in [6.07, 6.45) is 0.846. The fourth-order valence-corrected chi connectivity index (χ4v) is 3.65. The minimum Gasteiger partial charge on any atom is -0.384 e. The van der Waals surface area contributed by atoms with E-state index in [4.69, 9.17) is 5.73 Å². The molecule has 0 aliphatic heterocycles. The quantitative estimate of drug-likeness (QED) is 0.508. The van der Waals surface area contributed by atoms with E-state index in [1.54, 1.807) is 0 Å². The van der Waals surface area contributed by atoms with Crippen LogP contribution in [0.1, 0.15) is 11.1 Å². The number of benzene rings is 3. The van der Waals surface area contributed by atoms with Gasteiger partial charge in [-0.15, -0.1) is 0 Å². The smallest absolute Gasteiger partial charge is 0.122 e. The highest BCUT2D eigenvalue weighted by Gasteiger charge is 2.23. The predicted octanol–water partition coefficient (Wildman–Crippen LogP) is 5.52. The minimum atomic E-state index is 0.524. The number of hydrogen-bond donors (Lipinski definition) is 1. The molecule has 0 bridgehead atoms. The summed E-state index contributed by atoms with van der Waals surface area (Å²) in [5, 5.41) is 9.89. The molecule has 3 heteroatoms. The Labute approximate surface area is 165 Å². The van der Waals surface area contributed by atoms with E-state index in [0.29, 0.717) is 17.9 Å². The van der Waals surface area contributed by atoms with E-state index in [-0.39, 0.29) is 0 Å². The molecule has 3 aromatic carbocycles. The van der Waals surface area contributed by atoms with Crippen molar-refractivity contribution in [2.45, 2.75) is 13.0 Å². The van der Waals surface area contributed by atoms with Crippen molar-refractivity contribution < 1.29 is 0 Å². The van der Waals surface area contributed by atoms with Crippen molar-refractivity contribution in [2.75, 3.05) is 5.73 Å². The highest BCUT2D eigenvalue weighted by molar-refractivity contribution is 5.90. The van der Waals surface area contributed by atoms with Gasteiger partial charge >= 0.3 is 0 Å². The highest BCUT2D eigenvalue weighted by Crippen LogP contribution is 2.40. The molecule has 0 radical (unpaired) electrons. The lowest BCUT2D eigenvalue weighted by atomic mass is 9.98. The Balaban J connectivity index is 1.90. The van der Waals surface area contributed by atoms with Crippen LogP contribution >= 0.6 is 0 Å². The van der Waals surface area contributed by atoms with Gasteiger partial charge in [0, 0.05) is 12.1 Å². The van der Waals surface area contributed by atoms with Gasteiger partial charge < -0.3 is 10.3 Å². The second-order valence-corrected chi connectivity index (χ2v) is 6.71. The summed E-state index contributed by atoms with van der Waals surface area (Å²) in [4.78, 5) is 0. The normalized spacial score (nSPS) is 10.5. The molecule has 0 aliphatic carbocycles. The van der Waals surface area contributed by atoms with Gasteiger partial charge in [-0.2, -0.15) is 5.26 Å². The van der Waals surface area contributed by atoms with E-state index in [1.807, 2.05) is 66.7 Å². The maximum atomic E-state index is 9.89. The average molecular weight is 363 g/mol. The largest absolute Gasteiger partial charge is 0.384 e. The molecule has 3 nitrogen and oxygen atoms in total. The Hall–Kier alpha value is -3.77. The zero-order valence-electron chi connectivity index (χ0n) is 15.5. The molecule has 28 heavy (non-hydrogen) atoms. The molecular formula is C25H21N3. The number of nitrogens with zero attached hydrogens (tertiary/aromatic N) is 2. The first kappa shape index (κ1) is 17.6. The van der Waals surface area contributed by atoms with Crippen molar-refractivity contribution in [1.82, 2.24) is 4.57 Å². The van der Waals surface area contributed by atoms with Crippen LogP contribution in [0.2, 0.25) is 0 Å². The zero-order valence-corrected chi connectivity index (χ0v) is 15.5. The molecule has 1 aromatic heterocycles. The molecule has 4 rings (SSSR count). The Morgan fingerprint density at radius 1 is 0.750 bits per heavy atom. The van der Waals surface area contributed by atoms with Crippen molar-refractivity contribution in [3.63, 3.8) is 0 Å². The van der Waals surface area contributed by atoms with Gasteiger partial charge in [0.15, 0.2) is 0 Å². The SMILES string of the molecule is N#Cc1c(-c2ccccc2)c(-c2ccccc2)n(CCc2ccccc2)c1N. The molecule has 136 valence electrons. The molecular weight excluding hydrogens is 342 g/mol. The molecule has 0 fully saturated rings. The Morgan fingerprint density at radius 3 is 1.86 bits per heavy atom. The second-order valence-electron chi connectivity index (χ2n) is 6.71. The topological polar surface area (TPSA) is 54.7 Å². The van der Waals surface area contributed by atoms with Crippen LogP contribution in [0.15, 0.2) is 91.0 Å². The minimum absolute atomic E-state index is 0.524. The van der Waals surface area contributed by atoms with Crippen molar-refractivity contribution in [3.8, 4) is 28.5 Å². The fraction of sp³-hybridized carbons (Fsp3) is 0.0800. The molecule has 0 atom stereocenters. The molecule has 0 saturated heterocycles. The molecule has 0 amide bonds.